The molecule has 1 aromatic rings. The molecule has 0 aliphatic heterocycles. The van der Waals surface area contributed by atoms with Gasteiger partial charge in [-0.3, -0.25) is 0 Å². The summed E-state index contributed by atoms with van der Waals surface area (Å²) >= 11 is 7.56. The Morgan fingerprint density at radius 2 is 2.31 bits per heavy atom. The molecule has 0 fully saturated rings. The third-order valence-corrected chi connectivity index (χ3v) is 3.12. The van der Waals surface area contributed by atoms with Gasteiger partial charge in [-0.25, -0.2) is 4.79 Å². The number of carbonyl (C=O) groups is 1. The molecule has 5 heteroatoms. The molecule has 0 saturated heterocycles. The van der Waals surface area contributed by atoms with E-state index in [0.717, 1.165) is 5.56 Å². The number of hydrogen-bond acceptors (Lipinski definition) is 4. The van der Waals surface area contributed by atoms with Crippen LogP contribution in [-0.2, 0) is 10.1 Å². The fraction of sp³-hybridized carbons (Fsp3) is 0.273. The van der Waals surface area contributed by atoms with Crippen LogP contribution < -0.4 is 0 Å². The number of benzene rings is 1. The molecule has 16 heavy (non-hydrogen) atoms. The lowest BCUT2D eigenvalue weighted by Crippen LogP contribution is -2.09. The zero-order valence-corrected chi connectivity index (χ0v) is 11.1. The smallest absolute Gasteiger partial charge is 0.340 e. The molecule has 84 valence electrons. The zero-order chi connectivity index (χ0) is 12.1. The summed E-state index contributed by atoms with van der Waals surface area (Å²) in [5.74, 6) is -0.508. The van der Waals surface area contributed by atoms with Crippen LogP contribution in [0.4, 0.5) is 0 Å². The highest BCUT2D eigenvalue weighted by Gasteiger charge is 2.18. The van der Waals surface area contributed by atoms with Crippen molar-refractivity contribution in [2.45, 2.75) is 17.1 Å². The number of carbonyl (C=O) groups excluding carboxylic acids is 1. The maximum absolute atomic E-state index is 11.7. The van der Waals surface area contributed by atoms with Gasteiger partial charge in [0.05, 0.1) is 17.7 Å². The third kappa shape index (κ3) is 2.57. The van der Waals surface area contributed by atoms with Crippen molar-refractivity contribution in [3.05, 3.63) is 28.8 Å². The summed E-state index contributed by atoms with van der Waals surface area (Å²) in [5, 5.41) is 9.49. The van der Waals surface area contributed by atoms with Gasteiger partial charge in [0.15, 0.2) is 0 Å². The topological polar surface area (TPSA) is 50.1 Å². The van der Waals surface area contributed by atoms with Crippen LogP contribution in [0.2, 0.25) is 0 Å². The average Bonchev–Trinajstić information content (AvgIpc) is 2.28. The quantitative estimate of drug-likeness (QED) is 0.530. The molecule has 0 atom stereocenters. The molecule has 0 saturated carbocycles. The number of thiol groups is 1. The van der Waals surface area contributed by atoms with Crippen LogP contribution in [0.25, 0.3) is 0 Å². The summed E-state index contributed by atoms with van der Waals surface area (Å²) in [4.78, 5) is 12.2. The van der Waals surface area contributed by atoms with Gasteiger partial charge in [0.1, 0.15) is 6.07 Å². The number of halogens is 1. The van der Waals surface area contributed by atoms with Crippen LogP contribution in [0.15, 0.2) is 17.0 Å². The zero-order valence-electron chi connectivity index (χ0n) is 8.66. The molecular formula is C11H10BrNO2S. The molecular weight excluding hydrogens is 290 g/mol. The van der Waals surface area contributed by atoms with E-state index in [1.165, 1.54) is 0 Å². The molecule has 3 nitrogen and oxygen atoms in total. The summed E-state index contributed by atoms with van der Waals surface area (Å²) in [6.45, 7) is 1.99. The minimum atomic E-state index is -0.508. The van der Waals surface area contributed by atoms with E-state index < -0.39 is 5.97 Å². The van der Waals surface area contributed by atoms with Crippen molar-refractivity contribution < 1.29 is 9.53 Å². The van der Waals surface area contributed by atoms with Crippen LogP contribution in [0, 0.1) is 11.3 Å². The van der Waals surface area contributed by atoms with Crippen LogP contribution in [0.1, 0.15) is 28.4 Å². The number of ether oxygens (including phenoxy) is 1. The second kappa shape index (κ2) is 5.92. The highest BCUT2D eigenvalue weighted by molar-refractivity contribution is 9.08. The fourth-order valence-corrected chi connectivity index (χ4v) is 2.29. The van der Waals surface area contributed by atoms with Gasteiger partial charge in [-0.15, -0.1) is 12.6 Å². The lowest BCUT2D eigenvalue weighted by molar-refractivity contribution is 0.0522. The molecule has 0 heterocycles. The number of rotatable bonds is 3. The van der Waals surface area contributed by atoms with E-state index in [4.69, 9.17) is 10.00 Å². The predicted molar refractivity (Wildman–Crippen MR) is 67.0 cm³/mol. The molecule has 0 aliphatic carbocycles. The van der Waals surface area contributed by atoms with Crippen molar-refractivity contribution in [1.82, 2.24) is 0 Å². The molecule has 0 amide bonds. The fourth-order valence-electron chi connectivity index (χ4n) is 1.25. The van der Waals surface area contributed by atoms with E-state index in [1.807, 2.05) is 6.07 Å². The summed E-state index contributed by atoms with van der Waals surface area (Å²) in [6.07, 6.45) is 0. The Morgan fingerprint density at radius 1 is 1.62 bits per heavy atom. The van der Waals surface area contributed by atoms with E-state index in [1.54, 1.807) is 19.1 Å². The molecule has 0 spiro atoms. The molecule has 0 bridgehead atoms. The Labute approximate surface area is 108 Å². The van der Waals surface area contributed by atoms with Gasteiger partial charge in [-0.2, -0.15) is 5.26 Å². The first-order valence-electron chi connectivity index (χ1n) is 4.63. The van der Waals surface area contributed by atoms with Crippen molar-refractivity contribution in [2.24, 2.45) is 0 Å². The number of esters is 1. The SMILES string of the molecule is CCOC(=O)c1c(C#N)ccc(CBr)c1S. The number of nitrogens with zero attached hydrogens (tertiary/aromatic N) is 1. The molecule has 1 rings (SSSR count). The lowest BCUT2D eigenvalue weighted by atomic mass is 10.1. The molecule has 0 unspecified atom stereocenters. The van der Waals surface area contributed by atoms with E-state index in [-0.39, 0.29) is 17.7 Å². The van der Waals surface area contributed by atoms with Gasteiger partial charge in [0, 0.05) is 10.2 Å². The van der Waals surface area contributed by atoms with Crippen molar-refractivity contribution in [1.29, 1.82) is 5.26 Å². The highest BCUT2D eigenvalue weighted by Crippen LogP contribution is 2.25. The minimum absolute atomic E-state index is 0.240. The summed E-state index contributed by atoms with van der Waals surface area (Å²) in [5.41, 5.74) is 1.38. The monoisotopic (exact) mass is 299 g/mol. The van der Waals surface area contributed by atoms with Crippen molar-refractivity contribution >= 4 is 34.5 Å². The Hall–Kier alpha value is -0.990. The maximum atomic E-state index is 11.7. The van der Waals surface area contributed by atoms with Gasteiger partial charge >= 0.3 is 5.97 Å². The Balaban J connectivity index is 3.33. The van der Waals surface area contributed by atoms with Crippen LogP contribution in [0.3, 0.4) is 0 Å². The summed E-state index contributed by atoms with van der Waals surface area (Å²) in [7, 11) is 0. The largest absolute Gasteiger partial charge is 0.462 e. The molecule has 0 radical (unpaired) electrons. The van der Waals surface area contributed by atoms with E-state index in [9.17, 15) is 4.79 Å². The second-order valence-electron chi connectivity index (χ2n) is 2.96. The number of alkyl halides is 1. The lowest BCUT2D eigenvalue weighted by Gasteiger charge is -2.09. The second-order valence-corrected chi connectivity index (χ2v) is 3.97. The van der Waals surface area contributed by atoms with Crippen molar-refractivity contribution in [3.63, 3.8) is 0 Å². The van der Waals surface area contributed by atoms with Crippen molar-refractivity contribution in [3.8, 4) is 6.07 Å². The first-order chi connectivity index (χ1) is 7.65. The predicted octanol–water partition coefficient (Wildman–Crippen LogP) is 2.92. The summed E-state index contributed by atoms with van der Waals surface area (Å²) < 4.78 is 4.90. The maximum Gasteiger partial charge on any atom is 0.340 e. The Kier molecular flexibility index (Phi) is 4.84. The van der Waals surface area contributed by atoms with Gasteiger partial charge in [0.25, 0.3) is 0 Å². The average molecular weight is 300 g/mol. The number of hydrogen-bond donors (Lipinski definition) is 1. The Bertz CT molecular complexity index is 454. The van der Waals surface area contributed by atoms with E-state index in [0.29, 0.717) is 10.2 Å². The van der Waals surface area contributed by atoms with Crippen LogP contribution >= 0.6 is 28.6 Å². The van der Waals surface area contributed by atoms with Gasteiger partial charge < -0.3 is 4.74 Å². The van der Waals surface area contributed by atoms with Crippen LogP contribution in [0.5, 0.6) is 0 Å². The normalized spacial score (nSPS) is 9.62. The first-order valence-corrected chi connectivity index (χ1v) is 6.20. The standard InChI is InChI=1S/C11H10BrNO2S/c1-2-15-11(14)9-8(6-13)4-3-7(5-12)10(9)16/h3-4,16H,2,5H2,1H3. The van der Waals surface area contributed by atoms with Crippen LogP contribution in [-0.4, -0.2) is 12.6 Å². The van der Waals surface area contributed by atoms with E-state index in [2.05, 4.69) is 28.6 Å². The molecule has 0 aromatic heterocycles. The van der Waals surface area contributed by atoms with Gasteiger partial charge in [-0.1, -0.05) is 22.0 Å². The van der Waals surface area contributed by atoms with Gasteiger partial charge in [0.2, 0.25) is 0 Å². The van der Waals surface area contributed by atoms with Crippen molar-refractivity contribution in [2.75, 3.05) is 6.61 Å². The highest BCUT2D eigenvalue weighted by atomic mass is 79.9. The molecule has 0 aliphatic rings. The minimum Gasteiger partial charge on any atom is -0.462 e. The number of nitriles is 1. The first kappa shape index (κ1) is 13.1. The van der Waals surface area contributed by atoms with Gasteiger partial charge in [-0.05, 0) is 18.6 Å². The third-order valence-electron chi connectivity index (χ3n) is 2.01. The molecule has 1 aromatic carbocycles. The molecule has 0 N–H and O–H groups in total. The summed E-state index contributed by atoms with van der Waals surface area (Å²) in [6, 6.07) is 5.32. The Morgan fingerprint density at radius 3 is 2.81 bits per heavy atom. The van der Waals surface area contributed by atoms with E-state index >= 15 is 0 Å².